The van der Waals surface area contributed by atoms with E-state index in [0.29, 0.717) is 0 Å². The number of aryl methyl sites for hydroxylation is 4. The summed E-state index contributed by atoms with van der Waals surface area (Å²) in [5.41, 5.74) is 6.40. The Labute approximate surface area is 149 Å². The molecular formula is C22H30Si2. The highest BCUT2D eigenvalue weighted by Gasteiger charge is 2.44. The van der Waals surface area contributed by atoms with Crippen molar-refractivity contribution in [1.82, 2.24) is 0 Å². The van der Waals surface area contributed by atoms with Gasteiger partial charge in [0.05, 0.1) is 15.2 Å². The lowest BCUT2D eigenvalue weighted by Gasteiger charge is -2.40. The van der Waals surface area contributed by atoms with E-state index in [0.717, 1.165) is 0 Å². The first-order valence-electron chi connectivity index (χ1n) is 9.63. The number of rotatable bonds is 0. The van der Waals surface area contributed by atoms with Crippen molar-refractivity contribution in [2.24, 2.45) is 0 Å². The van der Waals surface area contributed by atoms with Crippen molar-refractivity contribution in [3.05, 3.63) is 58.7 Å². The predicted molar refractivity (Wildman–Crippen MR) is 111 cm³/mol. The van der Waals surface area contributed by atoms with Crippen LogP contribution in [0.1, 0.15) is 35.1 Å². The summed E-state index contributed by atoms with van der Waals surface area (Å²) in [4.78, 5) is 0. The molecule has 0 amide bonds. The molecule has 2 heterocycles. The van der Waals surface area contributed by atoms with Gasteiger partial charge in [0.2, 0.25) is 0 Å². The molecule has 4 rings (SSSR count). The van der Waals surface area contributed by atoms with Gasteiger partial charge in [-0.25, -0.2) is 0 Å². The van der Waals surface area contributed by atoms with Gasteiger partial charge in [-0.05, 0) is 60.8 Å². The van der Waals surface area contributed by atoms with Gasteiger partial charge in [0, 0.05) is 0 Å². The Morgan fingerprint density at radius 3 is 1.08 bits per heavy atom. The molecule has 0 atom stereocenters. The molecule has 2 aliphatic heterocycles. The van der Waals surface area contributed by atoms with Crippen LogP contribution in [-0.4, -0.2) is 15.2 Å². The maximum absolute atomic E-state index is 2.64. The van der Waals surface area contributed by atoms with Crippen LogP contribution < -0.4 is 10.4 Å². The molecule has 24 heavy (non-hydrogen) atoms. The number of benzene rings is 2. The lowest BCUT2D eigenvalue weighted by Crippen LogP contribution is -2.69. The molecule has 0 spiro atoms. The summed E-state index contributed by atoms with van der Waals surface area (Å²) in [5.74, 6) is 0. The molecule has 0 saturated carbocycles. The second-order valence-electron chi connectivity index (χ2n) is 9.03. The molecule has 0 nitrogen and oxygen atoms in total. The van der Waals surface area contributed by atoms with E-state index in [4.69, 9.17) is 0 Å². The molecule has 2 heteroatoms. The van der Waals surface area contributed by atoms with E-state index in [1.165, 1.54) is 38.5 Å². The minimum absolute atomic E-state index is 1.24. The maximum atomic E-state index is 2.64. The van der Waals surface area contributed by atoms with Gasteiger partial charge in [-0.15, -0.1) is 0 Å². The van der Waals surface area contributed by atoms with Crippen LogP contribution in [0.4, 0.5) is 0 Å². The van der Waals surface area contributed by atoms with Crippen molar-refractivity contribution >= 4 is 25.6 Å². The average molecular weight is 351 g/mol. The highest BCUT2D eigenvalue weighted by Crippen LogP contribution is 2.25. The molecule has 0 aromatic heterocycles. The fourth-order valence-electron chi connectivity index (χ4n) is 4.54. The molecule has 0 unspecified atom stereocenters. The van der Waals surface area contributed by atoms with Crippen LogP contribution in [-0.2, 0) is 25.7 Å². The largest absolute Gasteiger partial charge is 0.0791 e. The van der Waals surface area contributed by atoms with Gasteiger partial charge in [0.1, 0.15) is 0 Å². The normalized spacial score (nSPS) is 21.0. The van der Waals surface area contributed by atoms with Gasteiger partial charge in [-0.3, -0.25) is 0 Å². The summed E-state index contributed by atoms with van der Waals surface area (Å²) in [7, 11) is -2.99. The first-order chi connectivity index (χ1) is 11.4. The Morgan fingerprint density at radius 1 is 0.500 bits per heavy atom. The summed E-state index contributed by atoms with van der Waals surface area (Å²) in [6.07, 6.45) is 7.55. The Bertz CT molecular complexity index is 675. The van der Waals surface area contributed by atoms with Gasteiger partial charge in [0.15, 0.2) is 0 Å². The first kappa shape index (κ1) is 16.3. The van der Waals surface area contributed by atoms with Crippen LogP contribution in [0.2, 0.25) is 26.2 Å². The minimum atomic E-state index is -1.49. The highest BCUT2D eigenvalue weighted by atomic mass is 29.3. The predicted octanol–water partition coefficient (Wildman–Crippen LogP) is 4.27. The maximum Gasteiger partial charge on any atom is 0.0791 e. The SMILES string of the molecule is C[Si]1(C)c2cc3cc(c2)CCCc2cc(cc(c2)[Si]1(C)C)CCC3. The molecule has 2 aromatic carbocycles. The van der Waals surface area contributed by atoms with E-state index in [1.807, 2.05) is 0 Å². The summed E-state index contributed by atoms with van der Waals surface area (Å²) in [6, 6.07) is 15.4. The summed E-state index contributed by atoms with van der Waals surface area (Å²) in [6.45, 7) is 10.6. The van der Waals surface area contributed by atoms with Gasteiger partial charge in [-0.1, -0.05) is 73.0 Å². The van der Waals surface area contributed by atoms with E-state index in [-0.39, 0.29) is 0 Å². The Hall–Kier alpha value is -1.13. The lowest BCUT2D eigenvalue weighted by molar-refractivity contribution is 0.791. The third-order valence-corrected chi connectivity index (χ3v) is 24.7. The quantitative estimate of drug-likeness (QED) is 0.622. The third kappa shape index (κ3) is 2.64. The van der Waals surface area contributed by atoms with E-state index < -0.39 is 15.2 Å². The standard InChI is InChI=1S/C22H30Si2/c1-23(2)21-13-17-7-5-9-19-12-20(10-6-8-18(11-17)14-21)16-22(15-19)24(23,3)4/h11-16H,5-10H2,1-4H3. The van der Waals surface area contributed by atoms with Crippen LogP contribution >= 0.6 is 0 Å². The van der Waals surface area contributed by atoms with Crippen LogP contribution in [0.3, 0.4) is 0 Å². The Balaban J connectivity index is 2.04. The zero-order valence-electron chi connectivity index (χ0n) is 15.7. The topological polar surface area (TPSA) is 0 Å². The van der Waals surface area contributed by atoms with Crippen molar-refractivity contribution in [2.75, 3.05) is 0 Å². The molecule has 6 bridgehead atoms. The fourth-order valence-corrected chi connectivity index (χ4v) is 13.4. The van der Waals surface area contributed by atoms with E-state index >= 15 is 0 Å². The van der Waals surface area contributed by atoms with Gasteiger partial charge >= 0.3 is 0 Å². The summed E-state index contributed by atoms with van der Waals surface area (Å²) in [5, 5.41) is 3.45. The van der Waals surface area contributed by atoms with Crippen molar-refractivity contribution in [3.63, 3.8) is 0 Å². The third-order valence-electron chi connectivity index (χ3n) is 6.97. The number of fused-ring (bicyclic) bond motifs is 5. The van der Waals surface area contributed by atoms with E-state index in [2.05, 4.69) is 62.6 Å². The van der Waals surface area contributed by atoms with E-state index in [1.54, 1.807) is 32.6 Å². The summed E-state index contributed by atoms with van der Waals surface area (Å²) >= 11 is 0. The molecular weight excluding hydrogens is 320 g/mol. The van der Waals surface area contributed by atoms with Gasteiger partial charge in [-0.2, -0.15) is 0 Å². The van der Waals surface area contributed by atoms with Crippen molar-refractivity contribution in [1.29, 1.82) is 0 Å². The molecule has 0 radical (unpaired) electrons. The van der Waals surface area contributed by atoms with Crippen molar-refractivity contribution in [3.8, 4) is 0 Å². The molecule has 126 valence electrons. The van der Waals surface area contributed by atoms with Gasteiger partial charge in [0.25, 0.3) is 0 Å². The Morgan fingerprint density at radius 2 is 0.792 bits per heavy atom. The number of hydrogen-bond acceptors (Lipinski definition) is 0. The molecule has 0 saturated heterocycles. The van der Waals surface area contributed by atoms with Crippen LogP contribution in [0.15, 0.2) is 36.4 Å². The Kier molecular flexibility index (Phi) is 3.89. The van der Waals surface area contributed by atoms with Crippen LogP contribution in [0.25, 0.3) is 0 Å². The second kappa shape index (κ2) is 5.70. The first-order valence-corrected chi connectivity index (χ1v) is 16.6. The smallest absolute Gasteiger partial charge is 0.0671 e. The highest BCUT2D eigenvalue weighted by molar-refractivity contribution is 7.49. The van der Waals surface area contributed by atoms with Crippen LogP contribution in [0.5, 0.6) is 0 Å². The average Bonchev–Trinajstić information content (AvgIpc) is 2.53. The number of hydrogen-bond donors (Lipinski definition) is 0. The minimum Gasteiger partial charge on any atom is -0.0671 e. The lowest BCUT2D eigenvalue weighted by atomic mass is 9.96. The van der Waals surface area contributed by atoms with Crippen LogP contribution in [0, 0.1) is 0 Å². The fraction of sp³-hybridized carbons (Fsp3) is 0.455. The van der Waals surface area contributed by atoms with Gasteiger partial charge < -0.3 is 0 Å². The second-order valence-corrected chi connectivity index (χ2v) is 24.2. The molecule has 0 N–H and O–H groups in total. The zero-order valence-corrected chi connectivity index (χ0v) is 17.7. The monoisotopic (exact) mass is 350 g/mol. The summed E-state index contributed by atoms with van der Waals surface area (Å²) < 4.78 is 0. The molecule has 2 aliphatic rings. The van der Waals surface area contributed by atoms with E-state index in [9.17, 15) is 0 Å². The molecule has 0 aliphatic carbocycles. The zero-order chi connectivity index (χ0) is 16.9. The molecule has 2 aromatic rings. The van der Waals surface area contributed by atoms with Crippen molar-refractivity contribution in [2.45, 2.75) is 64.7 Å². The molecule has 0 fully saturated rings. The van der Waals surface area contributed by atoms with Crippen molar-refractivity contribution < 1.29 is 0 Å².